The molecule has 0 aliphatic carbocycles. The second kappa shape index (κ2) is 8.64. The lowest BCUT2D eigenvalue weighted by molar-refractivity contribution is -0.175. The summed E-state index contributed by atoms with van der Waals surface area (Å²) in [5, 5.41) is 8.95. The minimum atomic E-state index is -0.826. The Hall–Kier alpha value is -1.92. The summed E-state index contributed by atoms with van der Waals surface area (Å²) in [7, 11) is 0. The lowest BCUT2D eigenvalue weighted by Crippen LogP contribution is -2.55. The number of carbonyl (C=O) groups is 2. The van der Waals surface area contributed by atoms with Crippen LogP contribution in [0.1, 0.15) is 37.7 Å². The van der Waals surface area contributed by atoms with Gasteiger partial charge in [-0.05, 0) is 24.3 Å². The van der Waals surface area contributed by atoms with Crippen molar-refractivity contribution < 1.29 is 24.2 Å². The quantitative estimate of drug-likeness (QED) is 0.842. The Morgan fingerprint density at radius 2 is 1.81 bits per heavy atom. The van der Waals surface area contributed by atoms with E-state index in [2.05, 4.69) is 0 Å². The Labute approximate surface area is 154 Å². The first-order valence-corrected chi connectivity index (χ1v) is 9.36. The van der Waals surface area contributed by atoms with Gasteiger partial charge in [0.2, 0.25) is 0 Å². The number of ether oxygens (including phenoxy) is 2. The maximum Gasteiger partial charge on any atom is 0.303 e. The summed E-state index contributed by atoms with van der Waals surface area (Å²) in [6.45, 7) is 2.66. The molecule has 6 heteroatoms. The van der Waals surface area contributed by atoms with Crippen LogP contribution in [-0.2, 0) is 25.7 Å². The summed E-state index contributed by atoms with van der Waals surface area (Å²) in [4.78, 5) is 26.0. The predicted octanol–water partition coefficient (Wildman–Crippen LogP) is 2.47. The van der Waals surface area contributed by atoms with Crippen LogP contribution in [0, 0.1) is 5.92 Å². The van der Waals surface area contributed by atoms with Crippen molar-refractivity contribution in [3.63, 3.8) is 0 Å². The third kappa shape index (κ3) is 4.62. The Morgan fingerprint density at radius 1 is 1.15 bits per heavy atom. The number of likely N-dealkylation sites (tertiary alicyclic amines) is 1. The number of piperidine rings is 1. The van der Waals surface area contributed by atoms with E-state index in [1.807, 2.05) is 35.2 Å². The topological polar surface area (TPSA) is 76.1 Å². The molecule has 0 radical (unpaired) electrons. The molecule has 2 heterocycles. The van der Waals surface area contributed by atoms with Crippen LogP contribution in [0.5, 0.6) is 0 Å². The smallest absolute Gasteiger partial charge is 0.303 e. The van der Waals surface area contributed by atoms with Gasteiger partial charge < -0.3 is 19.5 Å². The molecule has 1 aromatic rings. The average Bonchev–Trinajstić information content (AvgIpc) is 2.67. The van der Waals surface area contributed by atoms with E-state index in [0.717, 1.165) is 18.4 Å². The van der Waals surface area contributed by atoms with Gasteiger partial charge in [-0.15, -0.1) is 0 Å². The van der Waals surface area contributed by atoms with Gasteiger partial charge in [0.1, 0.15) is 0 Å². The second-order valence-electron chi connectivity index (χ2n) is 7.21. The first-order valence-electron chi connectivity index (χ1n) is 9.36. The third-order valence-electron chi connectivity index (χ3n) is 5.41. The number of hydrogen-bond donors (Lipinski definition) is 1. The number of carboxylic acid groups (broad SMARTS) is 1. The molecular formula is C20H27NO5. The van der Waals surface area contributed by atoms with E-state index < -0.39 is 11.6 Å². The molecule has 1 amide bonds. The fourth-order valence-corrected chi connectivity index (χ4v) is 3.79. The first kappa shape index (κ1) is 18.9. The summed E-state index contributed by atoms with van der Waals surface area (Å²) in [6, 6.07) is 9.87. The average molecular weight is 361 g/mol. The van der Waals surface area contributed by atoms with Gasteiger partial charge >= 0.3 is 5.97 Å². The van der Waals surface area contributed by atoms with E-state index >= 15 is 0 Å². The first-order chi connectivity index (χ1) is 12.6. The minimum absolute atomic E-state index is 0.0329. The zero-order valence-corrected chi connectivity index (χ0v) is 15.1. The summed E-state index contributed by atoms with van der Waals surface area (Å²) in [5.41, 5.74) is 0.222. The number of carbonyl (C=O) groups excluding carboxylic acids is 1. The molecule has 0 atom stereocenters. The van der Waals surface area contributed by atoms with Gasteiger partial charge in [-0.2, -0.15) is 0 Å². The molecule has 0 saturated carbocycles. The molecule has 2 aliphatic heterocycles. The van der Waals surface area contributed by atoms with Crippen molar-refractivity contribution in [3.8, 4) is 0 Å². The van der Waals surface area contributed by atoms with Crippen LogP contribution in [0.2, 0.25) is 0 Å². The fourth-order valence-electron chi connectivity index (χ4n) is 3.79. The van der Waals surface area contributed by atoms with Gasteiger partial charge in [0, 0.05) is 45.6 Å². The summed E-state index contributed by atoms with van der Waals surface area (Å²) < 4.78 is 11.7. The molecule has 6 nitrogen and oxygen atoms in total. The zero-order chi connectivity index (χ0) is 18.4. The lowest BCUT2D eigenvalue weighted by Gasteiger charge is -2.41. The molecule has 2 saturated heterocycles. The predicted molar refractivity (Wildman–Crippen MR) is 95.6 cm³/mol. The van der Waals surface area contributed by atoms with Gasteiger partial charge in [-0.1, -0.05) is 30.3 Å². The Balaban J connectivity index is 1.63. The molecule has 142 valence electrons. The van der Waals surface area contributed by atoms with Crippen LogP contribution in [0.25, 0.3) is 0 Å². The summed E-state index contributed by atoms with van der Waals surface area (Å²) >= 11 is 0. The van der Waals surface area contributed by atoms with E-state index in [9.17, 15) is 9.59 Å². The summed E-state index contributed by atoms with van der Waals surface area (Å²) in [6.07, 6.45) is 2.79. The van der Waals surface area contributed by atoms with E-state index in [1.165, 1.54) is 0 Å². The van der Waals surface area contributed by atoms with Crippen LogP contribution in [-0.4, -0.2) is 53.8 Å². The molecular weight excluding hydrogens is 334 g/mol. The number of carboxylic acids is 1. The fraction of sp³-hybridized carbons (Fsp3) is 0.600. The normalized spacial score (nSPS) is 20.7. The molecule has 0 aromatic heterocycles. The van der Waals surface area contributed by atoms with Crippen LogP contribution < -0.4 is 0 Å². The van der Waals surface area contributed by atoms with Crippen molar-refractivity contribution in [1.82, 2.24) is 4.90 Å². The molecule has 0 spiro atoms. The van der Waals surface area contributed by atoms with Crippen molar-refractivity contribution in [3.05, 3.63) is 35.9 Å². The third-order valence-corrected chi connectivity index (χ3v) is 5.41. The molecule has 2 fully saturated rings. The molecule has 3 rings (SSSR count). The highest BCUT2D eigenvalue weighted by Gasteiger charge is 2.44. The van der Waals surface area contributed by atoms with Crippen molar-refractivity contribution in [2.24, 2.45) is 5.92 Å². The second-order valence-corrected chi connectivity index (χ2v) is 7.21. The number of benzene rings is 1. The molecule has 0 bridgehead atoms. The highest BCUT2D eigenvalue weighted by molar-refractivity contribution is 5.85. The van der Waals surface area contributed by atoms with Crippen molar-refractivity contribution >= 4 is 11.9 Å². The number of nitrogens with zero attached hydrogens (tertiary/aromatic N) is 1. The maximum atomic E-state index is 13.3. The molecule has 0 unspecified atom stereocenters. The lowest BCUT2D eigenvalue weighted by atomic mass is 9.89. The SMILES string of the molecule is O=C(O)CC1CCN(C(=O)C2(OCc3ccccc3)CCOCC2)CC1. The number of hydrogen-bond acceptors (Lipinski definition) is 4. The van der Waals surface area contributed by atoms with E-state index in [-0.39, 0.29) is 18.2 Å². The minimum Gasteiger partial charge on any atom is -0.481 e. The van der Waals surface area contributed by atoms with E-state index in [4.69, 9.17) is 14.6 Å². The van der Waals surface area contributed by atoms with Crippen molar-refractivity contribution in [2.45, 2.75) is 44.3 Å². The monoisotopic (exact) mass is 361 g/mol. The molecule has 2 aliphatic rings. The summed E-state index contributed by atoms with van der Waals surface area (Å²) in [5.74, 6) is -0.570. The molecule has 26 heavy (non-hydrogen) atoms. The van der Waals surface area contributed by atoms with Crippen LogP contribution in [0.15, 0.2) is 30.3 Å². The largest absolute Gasteiger partial charge is 0.481 e. The van der Waals surface area contributed by atoms with Gasteiger partial charge in [-0.25, -0.2) is 0 Å². The Kier molecular flexibility index (Phi) is 6.27. The Bertz CT molecular complexity index is 604. The highest BCUT2D eigenvalue weighted by Crippen LogP contribution is 2.31. The van der Waals surface area contributed by atoms with E-state index in [0.29, 0.717) is 45.8 Å². The van der Waals surface area contributed by atoms with Crippen LogP contribution in [0.4, 0.5) is 0 Å². The van der Waals surface area contributed by atoms with Crippen LogP contribution in [0.3, 0.4) is 0 Å². The van der Waals surface area contributed by atoms with E-state index in [1.54, 1.807) is 0 Å². The van der Waals surface area contributed by atoms with Gasteiger partial charge in [-0.3, -0.25) is 9.59 Å². The Morgan fingerprint density at radius 3 is 2.42 bits per heavy atom. The van der Waals surface area contributed by atoms with Gasteiger partial charge in [0.15, 0.2) is 5.60 Å². The molecule has 1 aromatic carbocycles. The number of amides is 1. The maximum absolute atomic E-state index is 13.3. The number of rotatable bonds is 6. The van der Waals surface area contributed by atoms with Gasteiger partial charge in [0.25, 0.3) is 5.91 Å². The van der Waals surface area contributed by atoms with Crippen molar-refractivity contribution in [2.75, 3.05) is 26.3 Å². The zero-order valence-electron chi connectivity index (χ0n) is 15.1. The number of aliphatic carboxylic acids is 1. The standard InChI is InChI=1S/C20H27NO5/c22-18(23)14-16-6-10-21(11-7-16)19(24)20(8-12-25-13-9-20)26-15-17-4-2-1-3-5-17/h1-5,16H,6-15H2,(H,22,23). The molecule has 1 N–H and O–H groups in total. The van der Waals surface area contributed by atoms with Crippen LogP contribution >= 0.6 is 0 Å². The highest BCUT2D eigenvalue weighted by atomic mass is 16.5. The van der Waals surface area contributed by atoms with Gasteiger partial charge in [0.05, 0.1) is 6.61 Å². The van der Waals surface area contributed by atoms with Crippen molar-refractivity contribution in [1.29, 1.82) is 0 Å².